The maximum atomic E-state index is 12.7. The van der Waals surface area contributed by atoms with Crippen molar-refractivity contribution in [3.63, 3.8) is 0 Å². The molecule has 0 unspecified atom stereocenters. The lowest BCUT2D eigenvalue weighted by molar-refractivity contribution is -0.112. The van der Waals surface area contributed by atoms with Crippen LogP contribution in [0.2, 0.25) is 10.0 Å². The van der Waals surface area contributed by atoms with E-state index in [-0.39, 0.29) is 27.3 Å². The Morgan fingerprint density at radius 2 is 1.80 bits per heavy atom. The van der Waals surface area contributed by atoms with E-state index in [0.717, 1.165) is 0 Å². The molecule has 0 aliphatic carbocycles. The molecular weight excluding hydrogens is 361 g/mol. The van der Waals surface area contributed by atoms with E-state index in [0.29, 0.717) is 11.0 Å². The SMILES string of the molecule is CC(C)n1cc(C(=O)C(=O)Nc2c(Cl)cccc2Cl)c2cccnc21. The number of nitrogens with zero attached hydrogens (tertiary/aromatic N) is 2. The highest BCUT2D eigenvalue weighted by molar-refractivity contribution is 6.50. The molecule has 3 rings (SSSR count). The quantitative estimate of drug-likeness (QED) is 0.528. The number of aromatic nitrogens is 2. The van der Waals surface area contributed by atoms with Crippen molar-refractivity contribution in [2.24, 2.45) is 0 Å². The molecule has 0 aliphatic heterocycles. The van der Waals surface area contributed by atoms with Crippen molar-refractivity contribution in [2.75, 3.05) is 5.32 Å². The Kier molecular flexibility index (Phi) is 4.79. The molecule has 0 fully saturated rings. The Balaban J connectivity index is 1.98. The first-order valence-electron chi connectivity index (χ1n) is 7.65. The van der Waals surface area contributed by atoms with Crippen molar-refractivity contribution >= 4 is 51.6 Å². The molecule has 5 nitrogen and oxygen atoms in total. The molecule has 0 saturated heterocycles. The molecular formula is C18H15Cl2N3O2. The topological polar surface area (TPSA) is 64.0 Å². The molecule has 1 amide bonds. The van der Waals surface area contributed by atoms with Crippen LogP contribution in [0.1, 0.15) is 30.2 Å². The molecule has 0 spiro atoms. The Labute approximate surface area is 154 Å². The number of benzene rings is 1. The van der Waals surface area contributed by atoms with Gasteiger partial charge in [-0.15, -0.1) is 0 Å². The Bertz CT molecular complexity index is 959. The summed E-state index contributed by atoms with van der Waals surface area (Å²) in [5.74, 6) is -1.48. The first kappa shape index (κ1) is 17.5. The largest absolute Gasteiger partial charge is 0.329 e. The molecule has 0 radical (unpaired) electrons. The number of fused-ring (bicyclic) bond motifs is 1. The van der Waals surface area contributed by atoms with Crippen LogP contribution in [0.15, 0.2) is 42.7 Å². The molecule has 0 bridgehead atoms. The lowest BCUT2D eigenvalue weighted by atomic mass is 10.1. The Morgan fingerprint density at radius 1 is 1.12 bits per heavy atom. The molecule has 3 aromatic rings. The summed E-state index contributed by atoms with van der Waals surface area (Å²) < 4.78 is 1.86. The molecule has 7 heteroatoms. The fourth-order valence-electron chi connectivity index (χ4n) is 2.57. The number of halogens is 2. The summed E-state index contributed by atoms with van der Waals surface area (Å²) in [7, 11) is 0. The lowest BCUT2D eigenvalue weighted by Crippen LogP contribution is -2.23. The van der Waals surface area contributed by atoms with E-state index in [1.165, 1.54) is 0 Å². The number of ketones is 1. The summed E-state index contributed by atoms with van der Waals surface area (Å²) >= 11 is 12.1. The fourth-order valence-corrected chi connectivity index (χ4v) is 3.06. The van der Waals surface area contributed by atoms with Gasteiger partial charge < -0.3 is 9.88 Å². The van der Waals surface area contributed by atoms with Gasteiger partial charge in [-0.05, 0) is 38.1 Å². The van der Waals surface area contributed by atoms with Gasteiger partial charge in [-0.25, -0.2) is 4.98 Å². The van der Waals surface area contributed by atoms with Crippen LogP contribution in [0.3, 0.4) is 0 Å². The summed E-state index contributed by atoms with van der Waals surface area (Å²) in [5.41, 5.74) is 1.16. The standard InChI is InChI=1S/C18H15Cl2N3O2/c1-10(2)23-9-12(11-5-4-8-21-17(11)23)16(24)18(25)22-15-13(19)6-3-7-14(15)20/h3-10H,1-2H3,(H,22,25). The zero-order valence-corrected chi connectivity index (χ0v) is 15.1. The minimum Gasteiger partial charge on any atom is -0.329 e. The molecule has 128 valence electrons. The second-order valence-corrected chi connectivity index (χ2v) is 6.61. The summed E-state index contributed by atoms with van der Waals surface area (Å²) in [6.07, 6.45) is 3.30. The number of nitrogens with one attached hydrogen (secondary N) is 1. The predicted molar refractivity (Wildman–Crippen MR) is 99.5 cm³/mol. The normalized spacial score (nSPS) is 11.1. The molecule has 2 heterocycles. The zero-order chi connectivity index (χ0) is 18.1. The molecule has 0 aliphatic rings. The van der Waals surface area contributed by atoms with Crippen molar-refractivity contribution in [1.29, 1.82) is 0 Å². The van der Waals surface area contributed by atoms with Gasteiger partial charge in [0, 0.05) is 23.8 Å². The third kappa shape index (κ3) is 3.25. The van der Waals surface area contributed by atoms with Crippen LogP contribution in [-0.2, 0) is 4.79 Å². The van der Waals surface area contributed by atoms with Gasteiger partial charge in [-0.2, -0.15) is 0 Å². The number of anilines is 1. The van der Waals surface area contributed by atoms with Gasteiger partial charge in [-0.3, -0.25) is 9.59 Å². The number of pyridine rings is 1. The van der Waals surface area contributed by atoms with Crippen LogP contribution < -0.4 is 5.32 Å². The summed E-state index contributed by atoms with van der Waals surface area (Å²) in [4.78, 5) is 29.4. The van der Waals surface area contributed by atoms with Crippen molar-refractivity contribution in [3.8, 4) is 0 Å². The van der Waals surface area contributed by atoms with Crippen LogP contribution in [0.5, 0.6) is 0 Å². The molecule has 2 aromatic heterocycles. The van der Waals surface area contributed by atoms with Crippen molar-refractivity contribution < 1.29 is 9.59 Å². The summed E-state index contributed by atoms with van der Waals surface area (Å²) in [6.45, 7) is 3.96. The van der Waals surface area contributed by atoms with E-state index in [9.17, 15) is 9.59 Å². The fraction of sp³-hybridized carbons (Fsp3) is 0.167. The molecule has 0 atom stereocenters. The monoisotopic (exact) mass is 375 g/mol. The molecule has 1 N–H and O–H groups in total. The number of amides is 1. The summed E-state index contributed by atoms with van der Waals surface area (Å²) in [6, 6.07) is 8.42. The highest BCUT2D eigenvalue weighted by Gasteiger charge is 2.24. The van der Waals surface area contributed by atoms with Crippen molar-refractivity contribution in [3.05, 3.63) is 58.3 Å². The van der Waals surface area contributed by atoms with Crippen molar-refractivity contribution in [2.45, 2.75) is 19.9 Å². The molecule has 1 aromatic carbocycles. The first-order valence-corrected chi connectivity index (χ1v) is 8.41. The number of rotatable bonds is 4. The summed E-state index contributed by atoms with van der Waals surface area (Å²) in [5, 5.41) is 3.65. The number of carbonyl (C=O) groups is 2. The van der Waals surface area contributed by atoms with Crippen LogP contribution in [0.25, 0.3) is 11.0 Å². The predicted octanol–water partition coefficient (Wildman–Crippen LogP) is 4.75. The van der Waals surface area contributed by atoms with Gasteiger partial charge >= 0.3 is 0 Å². The van der Waals surface area contributed by atoms with Gasteiger partial charge in [0.15, 0.2) is 0 Å². The zero-order valence-electron chi connectivity index (χ0n) is 13.6. The highest BCUT2D eigenvalue weighted by Crippen LogP contribution is 2.30. The van der Waals surface area contributed by atoms with Crippen LogP contribution in [0, 0.1) is 0 Å². The maximum absolute atomic E-state index is 12.7. The van der Waals surface area contributed by atoms with Gasteiger partial charge in [0.05, 0.1) is 21.3 Å². The average molecular weight is 376 g/mol. The first-order chi connectivity index (χ1) is 11.9. The van der Waals surface area contributed by atoms with Crippen molar-refractivity contribution in [1.82, 2.24) is 9.55 Å². The third-order valence-corrected chi connectivity index (χ3v) is 4.43. The number of hydrogen-bond acceptors (Lipinski definition) is 3. The Morgan fingerprint density at radius 3 is 2.44 bits per heavy atom. The number of hydrogen-bond donors (Lipinski definition) is 1. The number of Topliss-reactive ketones (excluding diaryl/α,β-unsaturated/α-hetero) is 1. The molecule has 0 saturated carbocycles. The van der Waals surface area contributed by atoms with Gasteiger partial charge in [0.2, 0.25) is 0 Å². The van der Waals surface area contributed by atoms with Crippen LogP contribution >= 0.6 is 23.2 Å². The number of carbonyl (C=O) groups excluding carboxylic acids is 2. The minimum absolute atomic E-state index is 0.0972. The van der Waals surface area contributed by atoms with Gasteiger partial charge in [0.1, 0.15) is 5.65 Å². The minimum atomic E-state index is -0.804. The molecule has 25 heavy (non-hydrogen) atoms. The second-order valence-electron chi connectivity index (χ2n) is 5.80. The van der Waals surface area contributed by atoms with E-state index in [1.54, 1.807) is 42.7 Å². The Hall–Kier alpha value is -2.37. The van der Waals surface area contributed by atoms with E-state index in [4.69, 9.17) is 23.2 Å². The lowest BCUT2D eigenvalue weighted by Gasteiger charge is -2.08. The third-order valence-electron chi connectivity index (χ3n) is 3.80. The van der Waals surface area contributed by atoms with E-state index in [2.05, 4.69) is 10.3 Å². The average Bonchev–Trinajstić information content (AvgIpc) is 2.97. The van der Waals surface area contributed by atoms with E-state index >= 15 is 0 Å². The highest BCUT2D eigenvalue weighted by atomic mass is 35.5. The van der Waals surface area contributed by atoms with Gasteiger partial charge in [-0.1, -0.05) is 29.3 Å². The van der Waals surface area contributed by atoms with E-state index < -0.39 is 11.7 Å². The number of para-hydroxylation sites is 1. The van der Waals surface area contributed by atoms with Crippen LogP contribution in [0.4, 0.5) is 5.69 Å². The van der Waals surface area contributed by atoms with Gasteiger partial charge in [0.25, 0.3) is 11.7 Å². The second kappa shape index (κ2) is 6.86. The maximum Gasteiger partial charge on any atom is 0.296 e. The van der Waals surface area contributed by atoms with Crippen LogP contribution in [-0.4, -0.2) is 21.2 Å². The van der Waals surface area contributed by atoms with E-state index in [1.807, 2.05) is 18.4 Å². The smallest absolute Gasteiger partial charge is 0.296 e.